The van der Waals surface area contributed by atoms with E-state index in [-0.39, 0.29) is 29.7 Å². The second-order valence-corrected chi connectivity index (χ2v) is 11.4. The number of fused-ring (bicyclic) bond motifs is 3. The van der Waals surface area contributed by atoms with Gasteiger partial charge in [-0.15, -0.1) is 0 Å². The van der Waals surface area contributed by atoms with Gasteiger partial charge < -0.3 is 24.6 Å². The summed E-state index contributed by atoms with van der Waals surface area (Å²) in [5.41, 5.74) is 2.36. The number of hydrogen-bond acceptors (Lipinski definition) is 7. The van der Waals surface area contributed by atoms with Crippen molar-refractivity contribution in [3.63, 3.8) is 0 Å². The van der Waals surface area contributed by atoms with Crippen LogP contribution in [0.25, 0.3) is 0 Å². The number of ether oxygens (including phenoxy) is 3. The number of nitrogens with one attached hydrogen (secondary N) is 2. The Kier molecular flexibility index (Phi) is 8.06. The van der Waals surface area contributed by atoms with Crippen LogP contribution in [0.3, 0.4) is 0 Å². The molecular formula is C29H32N2O7S. The van der Waals surface area contributed by atoms with Crippen LogP contribution in [0.5, 0.6) is 11.5 Å². The van der Waals surface area contributed by atoms with Crippen molar-refractivity contribution < 1.29 is 32.5 Å². The molecule has 3 aromatic carbocycles. The van der Waals surface area contributed by atoms with Crippen LogP contribution >= 0.6 is 0 Å². The SMILES string of the molecule is COc1cccc(S(=O)(=O)Nc2ccc3c(c2)[C@H]2C[C@H](CC(=O)NCCc4ccccc4)O[C@H](CO)[C@H]2O3)c1. The van der Waals surface area contributed by atoms with Crippen LogP contribution in [0, 0.1) is 0 Å². The summed E-state index contributed by atoms with van der Waals surface area (Å²) >= 11 is 0. The molecule has 0 aromatic heterocycles. The highest BCUT2D eigenvalue weighted by Gasteiger charge is 2.46. The van der Waals surface area contributed by atoms with Gasteiger partial charge in [0.1, 0.15) is 23.7 Å². The number of carbonyl (C=O) groups excluding carboxylic acids is 1. The van der Waals surface area contributed by atoms with E-state index >= 15 is 0 Å². The third kappa shape index (κ3) is 6.19. The molecule has 0 saturated carbocycles. The lowest BCUT2D eigenvalue weighted by Gasteiger charge is -2.37. The lowest BCUT2D eigenvalue weighted by Crippen LogP contribution is -2.47. The number of rotatable bonds is 10. The van der Waals surface area contributed by atoms with E-state index < -0.39 is 28.3 Å². The molecule has 2 heterocycles. The standard InChI is InChI=1S/C29H32N2O7S/c1-36-21-8-5-9-23(15-21)39(34,35)31-20-10-11-26-24(14-20)25-16-22(37-27(18-32)29(25)38-26)17-28(33)30-13-12-19-6-3-2-4-7-19/h2-11,14-15,22,25,27,29,31-32H,12-13,16-18H2,1H3,(H,30,33)/t22-,25-,27-,29+/m1/s1. The van der Waals surface area contributed by atoms with Crippen molar-refractivity contribution in [1.29, 1.82) is 0 Å². The van der Waals surface area contributed by atoms with Crippen LogP contribution in [0.15, 0.2) is 77.7 Å². The van der Waals surface area contributed by atoms with Crippen LogP contribution in [0.2, 0.25) is 0 Å². The highest BCUT2D eigenvalue weighted by Crippen LogP contribution is 2.47. The average Bonchev–Trinajstić information content (AvgIpc) is 3.31. The maximum atomic E-state index is 13.0. The molecular weight excluding hydrogens is 520 g/mol. The van der Waals surface area contributed by atoms with Crippen molar-refractivity contribution in [3.05, 3.63) is 83.9 Å². The molecule has 39 heavy (non-hydrogen) atoms. The van der Waals surface area contributed by atoms with Crippen molar-refractivity contribution in [2.24, 2.45) is 0 Å². The molecule has 206 valence electrons. The Labute approximate surface area is 228 Å². The Balaban J connectivity index is 1.26. The van der Waals surface area contributed by atoms with Crippen LogP contribution in [0.1, 0.15) is 29.9 Å². The molecule has 1 fully saturated rings. The Morgan fingerprint density at radius 3 is 2.67 bits per heavy atom. The Hall–Kier alpha value is -3.60. The molecule has 10 heteroatoms. The number of methoxy groups -OCH3 is 1. The zero-order valence-corrected chi connectivity index (χ0v) is 22.4. The van der Waals surface area contributed by atoms with E-state index in [0.29, 0.717) is 30.2 Å². The number of aliphatic hydroxyl groups is 1. The minimum absolute atomic E-state index is 0.0845. The van der Waals surface area contributed by atoms with Gasteiger partial charge in [-0.05, 0) is 48.7 Å². The quantitative estimate of drug-likeness (QED) is 0.353. The van der Waals surface area contributed by atoms with E-state index in [2.05, 4.69) is 10.0 Å². The molecule has 2 aliphatic rings. The van der Waals surface area contributed by atoms with Gasteiger partial charge in [0.15, 0.2) is 0 Å². The summed E-state index contributed by atoms with van der Waals surface area (Å²) in [4.78, 5) is 12.7. The molecule has 1 saturated heterocycles. The van der Waals surface area contributed by atoms with Crippen LogP contribution in [-0.4, -0.2) is 58.0 Å². The first-order valence-electron chi connectivity index (χ1n) is 12.9. The summed E-state index contributed by atoms with van der Waals surface area (Å²) in [7, 11) is -2.37. The van der Waals surface area contributed by atoms with E-state index in [0.717, 1.165) is 17.5 Å². The largest absolute Gasteiger partial charge is 0.497 e. The van der Waals surface area contributed by atoms with Gasteiger partial charge in [-0.2, -0.15) is 0 Å². The monoisotopic (exact) mass is 552 g/mol. The number of benzene rings is 3. The number of anilines is 1. The molecule has 0 unspecified atom stereocenters. The molecule has 3 aromatic rings. The molecule has 0 radical (unpaired) electrons. The van der Waals surface area contributed by atoms with E-state index in [9.17, 15) is 18.3 Å². The molecule has 4 atom stereocenters. The maximum absolute atomic E-state index is 13.0. The molecule has 1 amide bonds. The number of hydrogen-bond donors (Lipinski definition) is 3. The zero-order valence-electron chi connectivity index (χ0n) is 21.6. The van der Waals surface area contributed by atoms with Gasteiger partial charge in [-0.1, -0.05) is 36.4 Å². The third-order valence-electron chi connectivity index (χ3n) is 7.09. The molecule has 9 nitrogen and oxygen atoms in total. The second kappa shape index (κ2) is 11.6. The maximum Gasteiger partial charge on any atom is 0.262 e. The van der Waals surface area contributed by atoms with Crippen LogP contribution < -0.4 is 19.5 Å². The first kappa shape index (κ1) is 27.0. The molecule has 2 aliphatic heterocycles. The fourth-order valence-electron chi connectivity index (χ4n) is 5.20. The van der Waals surface area contributed by atoms with Gasteiger partial charge in [0.25, 0.3) is 10.0 Å². The van der Waals surface area contributed by atoms with Gasteiger partial charge in [0.2, 0.25) is 5.91 Å². The Morgan fingerprint density at radius 2 is 1.90 bits per heavy atom. The summed E-state index contributed by atoms with van der Waals surface area (Å²) < 4.78 is 45.9. The average molecular weight is 553 g/mol. The summed E-state index contributed by atoms with van der Waals surface area (Å²) in [6, 6.07) is 21.3. The normalized spacial score (nSPS) is 21.8. The summed E-state index contributed by atoms with van der Waals surface area (Å²) in [5, 5.41) is 13.0. The van der Waals surface area contributed by atoms with Crippen LogP contribution in [0.4, 0.5) is 5.69 Å². The molecule has 0 spiro atoms. The first-order valence-corrected chi connectivity index (χ1v) is 14.4. The Bertz CT molecular complexity index is 1410. The van der Waals surface area contributed by atoms with E-state index in [1.54, 1.807) is 30.3 Å². The van der Waals surface area contributed by atoms with Crippen molar-refractivity contribution >= 4 is 21.6 Å². The fourth-order valence-corrected chi connectivity index (χ4v) is 6.29. The van der Waals surface area contributed by atoms with Gasteiger partial charge in [-0.3, -0.25) is 9.52 Å². The number of carbonyl (C=O) groups is 1. The van der Waals surface area contributed by atoms with Gasteiger partial charge in [0.05, 0.1) is 31.1 Å². The van der Waals surface area contributed by atoms with Gasteiger partial charge >= 0.3 is 0 Å². The highest BCUT2D eigenvalue weighted by molar-refractivity contribution is 7.92. The lowest BCUT2D eigenvalue weighted by atomic mass is 9.84. The molecule has 3 N–H and O–H groups in total. The number of sulfonamides is 1. The van der Waals surface area contributed by atoms with Gasteiger partial charge in [0, 0.05) is 29.8 Å². The van der Waals surface area contributed by atoms with E-state index in [1.165, 1.54) is 19.2 Å². The lowest BCUT2D eigenvalue weighted by molar-refractivity contribution is -0.142. The van der Waals surface area contributed by atoms with Gasteiger partial charge in [-0.25, -0.2) is 8.42 Å². The molecule has 5 rings (SSSR count). The summed E-state index contributed by atoms with van der Waals surface area (Å²) in [5.74, 6) is 0.777. The van der Waals surface area contributed by atoms with E-state index in [4.69, 9.17) is 14.2 Å². The highest BCUT2D eigenvalue weighted by atomic mass is 32.2. The van der Waals surface area contributed by atoms with Crippen molar-refractivity contribution in [1.82, 2.24) is 5.32 Å². The molecule has 0 bridgehead atoms. The predicted octanol–water partition coefficient (Wildman–Crippen LogP) is 3.24. The smallest absolute Gasteiger partial charge is 0.262 e. The second-order valence-electron chi connectivity index (χ2n) is 9.73. The summed E-state index contributed by atoms with van der Waals surface area (Å²) in [6.07, 6.45) is -0.0366. The zero-order chi connectivity index (χ0) is 27.4. The third-order valence-corrected chi connectivity index (χ3v) is 8.47. The fraction of sp³-hybridized carbons (Fsp3) is 0.345. The number of amides is 1. The molecule has 0 aliphatic carbocycles. The first-order chi connectivity index (χ1) is 18.9. The Morgan fingerprint density at radius 1 is 1.08 bits per heavy atom. The van der Waals surface area contributed by atoms with E-state index in [1.807, 2.05) is 30.3 Å². The minimum atomic E-state index is -3.85. The topological polar surface area (TPSA) is 123 Å². The predicted molar refractivity (Wildman–Crippen MR) is 146 cm³/mol. The van der Waals surface area contributed by atoms with Crippen molar-refractivity contribution in [2.45, 2.75) is 48.4 Å². The summed E-state index contributed by atoms with van der Waals surface area (Å²) in [6.45, 7) is 0.268. The van der Waals surface area contributed by atoms with Crippen LogP contribution in [-0.2, 0) is 26.0 Å². The van der Waals surface area contributed by atoms with Crippen molar-refractivity contribution in [3.8, 4) is 11.5 Å². The minimum Gasteiger partial charge on any atom is -0.497 e. The van der Waals surface area contributed by atoms with Crippen molar-refractivity contribution in [2.75, 3.05) is 25.0 Å². The number of aliphatic hydroxyl groups excluding tert-OH is 1.